The molecule has 3 rings (SSSR count). The van der Waals surface area contributed by atoms with Crippen molar-refractivity contribution >= 4 is 16.0 Å². The molecule has 0 radical (unpaired) electrons. The van der Waals surface area contributed by atoms with Gasteiger partial charge in [-0.1, -0.05) is 17.2 Å². The molecule has 1 aromatic carbocycles. The van der Waals surface area contributed by atoms with Gasteiger partial charge >= 0.3 is 6.01 Å². The van der Waals surface area contributed by atoms with Gasteiger partial charge in [0.05, 0.1) is 10.9 Å². The lowest BCUT2D eigenvalue weighted by Gasteiger charge is -2.05. The van der Waals surface area contributed by atoms with Crippen molar-refractivity contribution in [1.29, 1.82) is 0 Å². The van der Waals surface area contributed by atoms with Crippen LogP contribution < -0.4 is 10.0 Å². The number of nitrogens with one attached hydrogen (secondary N) is 2. The summed E-state index contributed by atoms with van der Waals surface area (Å²) < 4.78 is 32.1. The fourth-order valence-corrected chi connectivity index (χ4v) is 3.30. The monoisotopic (exact) mass is 308 g/mol. The third-order valence-electron chi connectivity index (χ3n) is 3.32. The van der Waals surface area contributed by atoms with Gasteiger partial charge in [-0.15, -0.1) is 5.10 Å². The zero-order valence-corrected chi connectivity index (χ0v) is 12.4. The molecule has 1 atom stereocenters. The van der Waals surface area contributed by atoms with Crippen LogP contribution in [0.5, 0.6) is 0 Å². The van der Waals surface area contributed by atoms with Crippen LogP contribution in [0.25, 0.3) is 0 Å². The van der Waals surface area contributed by atoms with Gasteiger partial charge in [-0.2, -0.15) is 0 Å². The highest BCUT2D eigenvalue weighted by Gasteiger charge is 2.24. The number of aryl methyl sites for hydroxylation is 1. The van der Waals surface area contributed by atoms with Crippen molar-refractivity contribution in [2.45, 2.75) is 30.7 Å². The van der Waals surface area contributed by atoms with Crippen molar-refractivity contribution in [3.8, 4) is 0 Å². The Morgan fingerprint density at radius 2 is 2.24 bits per heavy atom. The van der Waals surface area contributed by atoms with Crippen LogP contribution >= 0.6 is 0 Å². The quantitative estimate of drug-likeness (QED) is 0.890. The van der Waals surface area contributed by atoms with E-state index in [1.165, 1.54) is 6.07 Å². The normalized spacial score (nSPS) is 18.8. The maximum atomic E-state index is 12.2. The summed E-state index contributed by atoms with van der Waals surface area (Å²) >= 11 is 0. The maximum absolute atomic E-state index is 12.2. The van der Waals surface area contributed by atoms with Gasteiger partial charge in [0.15, 0.2) is 0 Å². The Labute approximate surface area is 122 Å². The van der Waals surface area contributed by atoms with E-state index in [0.29, 0.717) is 5.89 Å². The molecule has 21 heavy (non-hydrogen) atoms. The van der Waals surface area contributed by atoms with Crippen LogP contribution in [0.3, 0.4) is 0 Å². The Bertz CT molecular complexity index is 735. The van der Waals surface area contributed by atoms with Gasteiger partial charge < -0.3 is 9.73 Å². The summed E-state index contributed by atoms with van der Waals surface area (Å²) in [5.41, 5.74) is 0.860. The predicted octanol–water partition coefficient (Wildman–Crippen LogP) is 1.60. The van der Waals surface area contributed by atoms with E-state index in [9.17, 15) is 8.42 Å². The molecule has 0 spiro atoms. The summed E-state index contributed by atoms with van der Waals surface area (Å²) in [6.45, 7) is 2.73. The lowest BCUT2D eigenvalue weighted by Crippen LogP contribution is -2.13. The highest BCUT2D eigenvalue weighted by molar-refractivity contribution is 7.92. The Morgan fingerprint density at radius 1 is 1.38 bits per heavy atom. The molecule has 1 unspecified atom stereocenters. The van der Waals surface area contributed by atoms with Crippen molar-refractivity contribution < 1.29 is 12.8 Å². The Hall–Kier alpha value is -1.93. The molecule has 0 amide bonds. The van der Waals surface area contributed by atoms with Gasteiger partial charge in [-0.25, -0.2) is 13.1 Å². The van der Waals surface area contributed by atoms with Crippen molar-refractivity contribution in [2.75, 3.05) is 11.3 Å². The van der Waals surface area contributed by atoms with E-state index in [1.807, 2.05) is 13.0 Å². The van der Waals surface area contributed by atoms with E-state index in [1.54, 1.807) is 12.1 Å². The molecule has 1 aliphatic rings. The van der Waals surface area contributed by atoms with E-state index >= 15 is 0 Å². The molecular formula is C13H16N4O3S. The zero-order chi connectivity index (χ0) is 14.9. The first-order valence-electron chi connectivity index (χ1n) is 6.71. The molecule has 2 N–H and O–H groups in total. The van der Waals surface area contributed by atoms with Crippen LogP contribution in [0.1, 0.15) is 30.3 Å². The van der Waals surface area contributed by atoms with Gasteiger partial charge in [-0.05, 0) is 44.0 Å². The summed E-state index contributed by atoms with van der Waals surface area (Å²) in [5.74, 6) is 0.412. The van der Waals surface area contributed by atoms with Gasteiger partial charge in [0.1, 0.15) is 0 Å². The highest BCUT2D eigenvalue weighted by atomic mass is 32.2. The summed E-state index contributed by atoms with van der Waals surface area (Å²) in [7, 11) is -3.71. The van der Waals surface area contributed by atoms with Crippen LogP contribution in [0.15, 0.2) is 33.6 Å². The number of aromatic nitrogens is 2. The van der Waals surface area contributed by atoms with Crippen molar-refractivity contribution in [3.63, 3.8) is 0 Å². The minimum absolute atomic E-state index is 0.00900. The fraction of sp³-hybridized carbons (Fsp3) is 0.385. The Morgan fingerprint density at radius 3 is 2.95 bits per heavy atom. The molecule has 2 heterocycles. The second-order valence-electron chi connectivity index (χ2n) is 5.02. The molecular weight excluding hydrogens is 292 g/mol. The number of hydrogen-bond acceptors (Lipinski definition) is 6. The Balaban J connectivity index is 1.79. The van der Waals surface area contributed by atoms with Crippen LogP contribution in [-0.2, 0) is 10.0 Å². The topological polar surface area (TPSA) is 97.1 Å². The average molecular weight is 308 g/mol. The molecule has 0 bridgehead atoms. The minimum Gasteiger partial charge on any atom is -0.406 e. The third kappa shape index (κ3) is 3.06. The maximum Gasteiger partial charge on any atom is 0.329 e. The van der Waals surface area contributed by atoms with Gasteiger partial charge in [-0.3, -0.25) is 0 Å². The lowest BCUT2D eigenvalue weighted by atomic mass is 10.2. The smallest absolute Gasteiger partial charge is 0.329 e. The van der Waals surface area contributed by atoms with Crippen molar-refractivity contribution in [1.82, 2.24) is 15.5 Å². The molecule has 0 aliphatic carbocycles. The second-order valence-corrected chi connectivity index (χ2v) is 6.70. The first-order valence-corrected chi connectivity index (χ1v) is 8.19. The molecule has 7 nitrogen and oxygen atoms in total. The molecule has 1 saturated heterocycles. The number of hydrogen-bond donors (Lipinski definition) is 2. The van der Waals surface area contributed by atoms with Crippen LogP contribution in [0.4, 0.5) is 6.01 Å². The number of anilines is 1. The molecule has 2 aromatic rings. The molecule has 8 heteroatoms. The molecule has 1 aliphatic heterocycles. The lowest BCUT2D eigenvalue weighted by molar-refractivity contribution is 0.439. The van der Waals surface area contributed by atoms with Gasteiger partial charge in [0.25, 0.3) is 10.0 Å². The first-order chi connectivity index (χ1) is 10.0. The van der Waals surface area contributed by atoms with Crippen LogP contribution in [0.2, 0.25) is 0 Å². The van der Waals surface area contributed by atoms with Crippen molar-refractivity contribution in [3.05, 3.63) is 35.7 Å². The van der Waals surface area contributed by atoms with E-state index in [4.69, 9.17) is 4.42 Å². The summed E-state index contributed by atoms with van der Waals surface area (Å²) in [5, 5.41) is 10.8. The fourth-order valence-electron chi connectivity index (χ4n) is 2.27. The third-order valence-corrected chi connectivity index (χ3v) is 4.64. The standard InChI is InChI=1S/C13H16N4O3S/c1-9-4-2-5-10(8-9)21(18,19)17-13-16-15-12(20-13)11-6-3-7-14-11/h2,4-5,8,11,14H,3,6-7H2,1H3,(H,16,17). The van der Waals surface area contributed by atoms with Gasteiger partial charge in [0, 0.05) is 0 Å². The second kappa shape index (κ2) is 5.45. The zero-order valence-electron chi connectivity index (χ0n) is 11.5. The molecule has 1 fully saturated rings. The van der Waals surface area contributed by atoms with E-state index in [-0.39, 0.29) is 17.0 Å². The number of rotatable bonds is 4. The number of sulfonamides is 1. The summed E-state index contributed by atoms with van der Waals surface area (Å²) in [6, 6.07) is 6.51. The van der Waals surface area contributed by atoms with E-state index in [2.05, 4.69) is 20.2 Å². The molecule has 0 saturated carbocycles. The van der Waals surface area contributed by atoms with Crippen LogP contribution in [-0.4, -0.2) is 25.2 Å². The molecule has 1 aromatic heterocycles. The number of benzene rings is 1. The van der Waals surface area contributed by atoms with E-state index < -0.39 is 10.0 Å². The molecule has 112 valence electrons. The van der Waals surface area contributed by atoms with Crippen molar-refractivity contribution in [2.24, 2.45) is 0 Å². The predicted molar refractivity (Wildman–Crippen MR) is 76.3 cm³/mol. The highest BCUT2D eigenvalue weighted by Crippen LogP contribution is 2.24. The Kier molecular flexibility index (Phi) is 3.64. The largest absolute Gasteiger partial charge is 0.406 e. The van der Waals surface area contributed by atoms with E-state index in [0.717, 1.165) is 24.9 Å². The summed E-state index contributed by atoms with van der Waals surface area (Å²) in [6.07, 6.45) is 1.95. The summed E-state index contributed by atoms with van der Waals surface area (Å²) in [4.78, 5) is 0.168. The van der Waals surface area contributed by atoms with Gasteiger partial charge in [0.2, 0.25) is 5.89 Å². The average Bonchev–Trinajstić information content (AvgIpc) is 3.08. The SMILES string of the molecule is Cc1cccc(S(=O)(=O)Nc2nnc(C3CCCN3)o2)c1. The first kappa shape index (κ1) is 14.0. The van der Waals surface area contributed by atoms with Crippen LogP contribution in [0, 0.1) is 6.92 Å². The minimum atomic E-state index is -3.71. The number of nitrogens with zero attached hydrogens (tertiary/aromatic N) is 2.